The van der Waals surface area contributed by atoms with Gasteiger partial charge in [-0.25, -0.2) is 0 Å². The van der Waals surface area contributed by atoms with Gasteiger partial charge in [0.05, 0.1) is 16.0 Å². The van der Waals surface area contributed by atoms with Crippen molar-refractivity contribution < 1.29 is 4.79 Å². The van der Waals surface area contributed by atoms with Crippen molar-refractivity contribution in [1.29, 1.82) is 0 Å². The highest BCUT2D eigenvalue weighted by molar-refractivity contribution is 6.42. The Morgan fingerprint density at radius 3 is 1.96 bits per heavy atom. The molecule has 0 aromatic heterocycles. The minimum absolute atomic E-state index is 0.0392. The standard InChI is InChI=1S/C23H14Cl2O/c1-2-15(14-11-12-20(24)21(25)13-14)22-16-7-3-5-9-18(16)23(26)19-10-6-4-8-17(19)22/h1,3-13,15,22H/t15-/m1/s1. The van der Waals surface area contributed by atoms with Gasteiger partial charge in [-0.15, -0.1) is 6.42 Å². The molecule has 4 rings (SSSR count). The average molecular weight is 377 g/mol. The highest BCUT2D eigenvalue weighted by atomic mass is 35.5. The van der Waals surface area contributed by atoms with E-state index in [0.29, 0.717) is 21.2 Å². The topological polar surface area (TPSA) is 17.1 Å². The molecule has 1 aliphatic carbocycles. The molecule has 0 unspecified atom stereocenters. The molecule has 1 atom stereocenters. The minimum atomic E-state index is -0.264. The second kappa shape index (κ2) is 6.65. The monoisotopic (exact) mass is 376 g/mol. The molecule has 0 bridgehead atoms. The summed E-state index contributed by atoms with van der Waals surface area (Å²) < 4.78 is 0. The lowest BCUT2D eigenvalue weighted by Crippen LogP contribution is -2.23. The quantitative estimate of drug-likeness (QED) is 0.494. The molecule has 3 aromatic rings. The van der Waals surface area contributed by atoms with Crippen LogP contribution in [0.4, 0.5) is 0 Å². The van der Waals surface area contributed by atoms with E-state index < -0.39 is 0 Å². The summed E-state index contributed by atoms with van der Waals surface area (Å²) in [5, 5.41) is 0.962. The van der Waals surface area contributed by atoms with Gasteiger partial charge in [0.15, 0.2) is 5.78 Å². The zero-order valence-corrected chi connectivity index (χ0v) is 15.3. The molecule has 1 aliphatic rings. The largest absolute Gasteiger partial charge is 0.289 e. The summed E-state index contributed by atoms with van der Waals surface area (Å²) in [7, 11) is 0. The van der Waals surface area contributed by atoms with Crippen LogP contribution < -0.4 is 0 Å². The predicted molar refractivity (Wildman–Crippen MR) is 106 cm³/mol. The lowest BCUT2D eigenvalue weighted by Gasteiger charge is -2.31. The molecule has 0 saturated carbocycles. The van der Waals surface area contributed by atoms with Crippen molar-refractivity contribution in [3.8, 4) is 12.3 Å². The molecule has 126 valence electrons. The van der Waals surface area contributed by atoms with E-state index in [2.05, 4.69) is 5.92 Å². The molecule has 0 fully saturated rings. The van der Waals surface area contributed by atoms with Crippen LogP contribution in [0.2, 0.25) is 10.0 Å². The number of hydrogen-bond donors (Lipinski definition) is 0. The van der Waals surface area contributed by atoms with Gasteiger partial charge in [-0.1, -0.05) is 83.7 Å². The Kier molecular flexibility index (Phi) is 4.32. The number of ketones is 1. The van der Waals surface area contributed by atoms with Crippen molar-refractivity contribution >= 4 is 29.0 Å². The van der Waals surface area contributed by atoms with Gasteiger partial charge in [-0.05, 0) is 28.8 Å². The Morgan fingerprint density at radius 1 is 0.846 bits per heavy atom. The summed E-state index contributed by atoms with van der Waals surface area (Å²) in [4.78, 5) is 12.9. The predicted octanol–water partition coefficient (Wildman–Crippen LogP) is 6.09. The molecule has 0 spiro atoms. The van der Waals surface area contributed by atoms with Crippen LogP contribution in [0.25, 0.3) is 0 Å². The van der Waals surface area contributed by atoms with Gasteiger partial charge in [0, 0.05) is 17.0 Å². The van der Waals surface area contributed by atoms with E-state index >= 15 is 0 Å². The number of terminal acetylenes is 1. The zero-order chi connectivity index (χ0) is 18.3. The molecule has 1 nitrogen and oxygen atoms in total. The molecule has 0 amide bonds. The first-order chi connectivity index (χ1) is 12.6. The van der Waals surface area contributed by atoms with E-state index in [0.717, 1.165) is 16.7 Å². The van der Waals surface area contributed by atoms with E-state index in [-0.39, 0.29) is 17.6 Å². The fourth-order valence-corrected chi connectivity index (χ4v) is 4.02. The molecule has 0 heterocycles. The van der Waals surface area contributed by atoms with Crippen molar-refractivity contribution in [3.05, 3.63) is 105 Å². The SMILES string of the molecule is C#C[C@H](c1ccc(Cl)c(Cl)c1)C1c2ccccc2C(=O)c2ccccc21. The smallest absolute Gasteiger partial charge is 0.193 e. The van der Waals surface area contributed by atoms with Gasteiger partial charge in [-0.3, -0.25) is 4.79 Å². The van der Waals surface area contributed by atoms with Gasteiger partial charge in [0.25, 0.3) is 0 Å². The van der Waals surface area contributed by atoms with Gasteiger partial charge in [0.1, 0.15) is 0 Å². The Balaban J connectivity index is 1.95. The first kappa shape index (κ1) is 16.9. The van der Waals surface area contributed by atoms with Gasteiger partial charge in [-0.2, -0.15) is 0 Å². The van der Waals surface area contributed by atoms with E-state index in [1.165, 1.54) is 0 Å². The number of halogens is 2. The van der Waals surface area contributed by atoms with Crippen LogP contribution in [-0.2, 0) is 0 Å². The van der Waals surface area contributed by atoms with Gasteiger partial charge >= 0.3 is 0 Å². The van der Waals surface area contributed by atoms with E-state index in [9.17, 15) is 4.79 Å². The number of benzene rings is 3. The highest BCUT2D eigenvalue weighted by Gasteiger charge is 2.35. The minimum Gasteiger partial charge on any atom is -0.289 e. The van der Waals surface area contributed by atoms with E-state index in [1.807, 2.05) is 60.7 Å². The Morgan fingerprint density at radius 2 is 1.42 bits per heavy atom. The summed E-state index contributed by atoms with van der Waals surface area (Å²) in [6, 6.07) is 20.8. The Bertz CT molecular complexity index is 1010. The van der Waals surface area contributed by atoms with Crippen LogP contribution in [0.5, 0.6) is 0 Å². The Labute approximate surface area is 162 Å². The van der Waals surface area contributed by atoms with Crippen LogP contribution >= 0.6 is 23.2 Å². The van der Waals surface area contributed by atoms with E-state index in [1.54, 1.807) is 6.07 Å². The van der Waals surface area contributed by atoms with Crippen molar-refractivity contribution in [2.75, 3.05) is 0 Å². The van der Waals surface area contributed by atoms with Gasteiger partial charge < -0.3 is 0 Å². The number of hydrogen-bond acceptors (Lipinski definition) is 1. The maximum Gasteiger partial charge on any atom is 0.193 e. The van der Waals surface area contributed by atoms with Crippen LogP contribution in [0.1, 0.15) is 44.4 Å². The maximum atomic E-state index is 12.9. The molecule has 3 aromatic carbocycles. The molecule has 26 heavy (non-hydrogen) atoms. The third-order valence-electron chi connectivity index (χ3n) is 4.90. The van der Waals surface area contributed by atoms with Crippen LogP contribution in [0, 0.1) is 12.3 Å². The first-order valence-electron chi connectivity index (χ1n) is 8.25. The van der Waals surface area contributed by atoms with Crippen molar-refractivity contribution in [2.24, 2.45) is 0 Å². The van der Waals surface area contributed by atoms with Crippen molar-refractivity contribution in [3.63, 3.8) is 0 Å². The number of carbonyl (C=O) groups excluding carboxylic acids is 1. The second-order valence-corrected chi connectivity index (χ2v) is 7.11. The van der Waals surface area contributed by atoms with Crippen molar-refractivity contribution in [1.82, 2.24) is 0 Å². The second-order valence-electron chi connectivity index (χ2n) is 6.30. The summed E-state index contributed by atoms with van der Waals surface area (Å²) in [5.41, 5.74) is 4.22. The summed E-state index contributed by atoms with van der Waals surface area (Å²) in [6.07, 6.45) is 5.96. The third kappa shape index (κ3) is 2.63. The molecular formula is C23H14Cl2O. The molecular weight excluding hydrogens is 363 g/mol. The lowest BCUT2D eigenvalue weighted by molar-refractivity contribution is 0.103. The summed E-state index contributed by atoms with van der Waals surface area (Å²) in [6.45, 7) is 0. The first-order valence-corrected chi connectivity index (χ1v) is 9.01. The average Bonchev–Trinajstić information content (AvgIpc) is 2.67. The third-order valence-corrected chi connectivity index (χ3v) is 5.64. The number of carbonyl (C=O) groups is 1. The maximum absolute atomic E-state index is 12.9. The fourth-order valence-electron chi connectivity index (χ4n) is 3.71. The van der Waals surface area contributed by atoms with Crippen LogP contribution in [0.15, 0.2) is 66.7 Å². The van der Waals surface area contributed by atoms with Crippen LogP contribution in [0.3, 0.4) is 0 Å². The highest BCUT2D eigenvalue weighted by Crippen LogP contribution is 2.45. The molecule has 0 radical (unpaired) electrons. The number of fused-ring (bicyclic) bond motifs is 2. The normalized spacial score (nSPS) is 14.3. The molecule has 0 saturated heterocycles. The number of rotatable bonds is 2. The van der Waals surface area contributed by atoms with E-state index in [4.69, 9.17) is 29.6 Å². The molecule has 3 heteroatoms. The lowest BCUT2D eigenvalue weighted by atomic mass is 9.70. The molecule has 0 N–H and O–H groups in total. The van der Waals surface area contributed by atoms with Gasteiger partial charge in [0.2, 0.25) is 0 Å². The summed E-state index contributed by atoms with van der Waals surface area (Å²) in [5.74, 6) is 2.57. The Hall–Kier alpha value is -2.53. The van der Waals surface area contributed by atoms with Crippen molar-refractivity contribution in [2.45, 2.75) is 11.8 Å². The van der Waals surface area contributed by atoms with Crippen LogP contribution in [-0.4, -0.2) is 5.78 Å². The molecule has 0 aliphatic heterocycles. The summed E-state index contributed by atoms with van der Waals surface area (Å²) >= 11 is 12.3. The zero-order valence-electron chi connectivity index (χ0n) is 13.7. The fraction of sp³-hybridized carbons (Fsp3) is 0.0870.